The number of hydrogen-bond acceptors (Lipinski definition) is 0. The van der Waals surface area contributed by atoms with E-state index in [9.17, 15) is 0 Å². The molecular weight excluding hydrogens is 324 g/mol. The summed E-state index contributed by atoms with van der Waals surface area (Å²) < 4.78 is 0. The lowest BCUT2D eigenvalue weighted by molar-refractivity contribution is 0.777. The van der Waals surface area contributed by atoms with E-state index in [2.05, 4.69) is 52.0 Å². The molecular formula is C20H32B2P2+2. The normalized spacial score (nSPS) is 34.5. The minimum Gasteiger partial charge on any atom is -0.0618 e. The van der Waals surface area contributed by atoms with Crippen molar-refractivity contribution in [1.29, 1.82) is 0 Å². The molecule has 2 saturated heterocycles. The lowest BCUT2D eigenvalue weighted by Gasteiger charge is -2.31. The average molecular weight is 356 g/mol. The summed E-state index contributed by atoms with van der Waals surface area (Å²) in [6.45, 7) is 9.55. The standard InChI is InChI=1S/C20H32B2P2/c1-15-9-10-16(2)23(15,21)13-19-7-5-6-8-20(19)14-24(22)17(3)11-12-18(24)4/h5-8,15-18H,9-14H2,1-4H3/q+2/t15-,16-,17-,18-/m1/s1. The summed E-state index contributed by atoms with van der Waals surface area (Å²) in [6, 6.07) is 9.05. The highest BCUT2D eigenvalue weighted by Gasteiger charge is 2.50. The molecule has 0 spiro atoms. The van der Waals surface area contributed by atoms with Gasteiger partial charge in [0.25, 0.3) is 0 Å². The number of hydrogen-bond donors (Lipinski definition) is 0. The highest BCUT2D eigenvalue weighted by atomic mass is 31.2. The van der Waals surface area contributed by atoms with E-state index in [1.165, 1.54) is 36.8 Å². The Morgan fingerprint density at radius 2 is 1.00 bits per heavy atom. The molecule has 4 atom stereocenters. The molecule has 1 aromatic rings. The molecule has 0 bridgehead atoms. The largest absolute Gasteiger partial charge is 0.366 e. The highest BCUT2D eigenvalue weighted by Crippen LogP contribution is 2.73. The molecule has 0 aromatic heterocycles. The van der Waals surface area contributed by atoms with Crippen LogP contribution in [-0.4, -0.2) is 37.8 Å². The van der Waals surface area contributed by atoms with Crippen LogP contribution in [0.4, 0.5) is 0 Å². The maximum atomic E-state index is 7.03. The topological polar surface area (TPSA) is 0 Å². The van der Waals surface area contributed by atoms with Crippen LogP contribution in [0.15, 0.2) is 24.3 Å². The first-order valence-corrected chi connectivity index (χ1v) is 14.0. The van der Waals surface area contributed by atoms with Crippen LogP contribution in [0, 0.1) is 0 Å². The summed E-state index contributed by atoms with van der Waals surface area (Å²) in [6.07, 6.45) is 7.50. The molecule has 4 radical (unpaired) electrons. The minimum absolute atomic E-state index is 0.714. The molecule has 0 nitrogen and oxygen atoms in total. The van der Waals surface area contributed by atoms with Gasteiger partial charge in [-0.2, -0.15) is 0 Å². The van der Waals surface area contributed by atoms with Crippen molar-refractivity contribution < 1.29 is 0 Å². The van der Waals surface area contributed by atoms with Gasteiger partial charge in [0.1, 0.15) is 0 Å². The molecule has 24 heavy (non-hydrogen) atoms. The van der Waals surface area contributed by atoms with Crippen molar-refractivity contribution in [3.8, 4) is 0 Å². The van der Waals surface area contributed by atoms with Gasteiger partial charge < -0.3 is 0 Å². The molecule has 0 aliphatic carbocycles. The Bertz CT molecular complexity index is 518. The second-order valence-corrected chi connectivity index (χ2v) is 16.8. The summed E-state index contributed by atoms with van der Waals surface area (Å²) in [7, 11) is 11.3. The molecule has 2 fully saturated rings. The third-order valence-electron chi connectivity index (χ3n) is 7.29. The second-order valence-electron chi connectivity index (χ2n) is 8.63. The molecule has 0 unspecified atom stereocenters. The Balaban J connectivity index is 1.86. The van der Waals surface area contributed by atoms with Gasteiger partial charge in [-0.15, -0.1) is 0 Å². The van der Waals surface area contributed by atoms with Gasteiger partial charge >= 0.3 is 15.1 Å². The molecule has 0 amide bonds. The lowest BCUT2D eigenvalue weighted by Crippen LogP contribution is -2.16. The molecule has 0 N–H and O–H groups in total. The first kappa shape index (κ1) is 19.0. The number of rotatable bonds is 4. The molecule has 2 aliphatic rings. The Labute approximate surface area is 153 Å². The van der Waals surface area contributed by atoms with E-state index in [1.807, 2.05) is 0 Å². The zero-order valence-electron chi connectivity index (χ0n) is 15.9. The Hall–Kier alpha value is 0.210. The summed E-state index contributed by atoms with van der Waals surface area (Å²) >= 11 is 0. The van der Waals surface area contributed by atoms with Gasteiger partial charge in [0.2, 0.25) is 0 Å². The molecule has 2 aliphatic heterocycles. The van der Waals surface area contributed by atoms with Gasteiger partial charge in [-0.25, -0.2) is 0 Å². The van der Waals surface area contributed by atoms with Crippen LogP contribution in [0.5, 0.6) is 0 Å². The van der Waals surface area contributed by atoms with Gasteiger partial charge in [-0.05, 0) is 78.8 Å². The van der Waals surface area contributed by atoms with Gasteiger partial charge in [0, 0.05) is 0 Å². The summed E-state index contributed by atoms with van der Waals surface area (Å²) in [4.78, 5) is 0. The minimum atomic E-state index is -1.38. The molecule has 3 rings (SSSR count). The van der Waals surface area contributed by atoms with Crippen LogP contribution in [0.1, 0.15) is 64.5 Å². The van der Waals surface area contributed by atoms with Crippen molar-refractivity contribution >= 4 is 29.4 Å². The smallest absolute Gasteiger partial charge is 0.0618 e. The maximum absolute atomic E-state index is 7.03. The first-order chi connectivity index (χ1) is 11.3. The molecule has 4 heteroatoms. The Morgan fingerprint density at radius 1 is 0.708 bits per heavy atom. The fourth-order valence-electron chi connectivity index (χ4n) is 4.87. The van der Waals surface area contributed by atoms with E-state index < -0.39 is 14.3 Å². The van der Waals surface area contributed by atoms with Crippen LogP contribution in [0.25, 0.3) is 0 Å². The van der Waals surface area contributed by atoms with Crippen LogP contribution in [-0.2, 0) is 12.3 Å². The van der Waals surface area contributed by atoms with Crippen molar-refractivity contribution in [3.63, 3.8) is 0 Å². The predicted molar refractivity (Wildman–Crippen MR) is 116 cm³/mol. The van der Waals surface area contributed by atoms with E-state index in [4.69, 9.17) is 15.1 Å². The van der Waals surface area contributed by atoms with Crippen LogP contribution >= 0.6 is 14.3 Å². The zero-order valence-corrected chi connectivity index (χ0v) is 17.7. The zero-order chi connectivity index (χ0) is 17.5. The van der Waals surface area contributed by atoms with Gasteiger partial charge in [-0.3, -0.25) is 0 Å². The summed E-state index contributed by atoms with van der Waals surface area (Å²) in [5.41, 5.74) is 5.87. The van der Waals surface area contributed by atoms with Crippen molar-refractivity contribution in [2.24, 2.45) is 0 Å². The molecule has 2 heterocycles. The molecule has 126 valence electrons. The highest BCUT2D eigenvalue weighted by molar-refractivity contribution is 7.98. The van der Waals surface area contributed by atoms with Crippen LogP contribution < -0.4 is 0 Å². The predicted octanol–water partition coefficient (Wildman–Crippen LogP) is 6.03. The summed E-state index contributed by atoms with van der Waals surface area (Å²) in [5, 5.41) is 0. The fourth-order valence-corrected chi connectivity index (χ4v) is 12.2. The van der Waals surface area contributed by atoms with E-state index >= 15 is 0 Å². The van der Waals surface area contributed by atoms with Crippen LogP contribution in [0.3, 0.4) is 0 Å². The van der Waals surface area contributed by atoms with E-state index in [-0.39, 0.29) is 0 Å². The van der Waals surface area contributed by atoms with E-state index in [1.54, 1.807) is 0 Å². The van der Waals surface area contributed by atoms with Crippen LogP contribution in [0.2, 0.25) is 0 Å². The Kier molecular flexibility index (Phi) is 5.60. The maximum Gasteiger partial charge on any atom is 0.366 e. The van der Waals surface area contributed by atoms with Crippen molar-refractivity contribution in [3.05, 3.63) is 35.4 Å². The fraction of sp³-hybridized carbons (Fsp3) is 0.700. The van der Waals surface area contributed by atoms with Gasteiger partial charge in [0.05, 0.1) is 35.0 Å². The van der Waals surface area contributed by atoms with Crippen molar-refractivity contribution in [2.75, 3.05) is 0 Å². The third-order valence-corrected chi connectivity index (χ3v) is 16.7. The first-order valence-electron chi connectivity index (χ1n) is 9.66. The number of benzene rings is 1. The van der Waals surface area contributed by atoms with E-state index in [0.717, 1.165) is 12.3 Å². The van der Waals surface area contributed by atoms with Crippen molar-refractivity contribution in [2.45, 2.75) is 88.3 Å². The lowest BCUT2D eigenvalue weighted by atomic mass is 10.1. The second kappa shape index (κ2) is 7.08. The summed E-state index contributed by atoms with van der Waals surface area (Å²) in [5.74, 6) is 0. The van der Waals surface area contributed by atoms with Gasteiger partial charge in [0.15, 0.2) is 0 Å². The SMILES string of the molecule is [B][P+]1(Cc2ccccc2C[P+]2([B])[C@H](C)CC[C@H]2C)[C@H](C)CC[C@H]1C. The average Bonchev–Trinajstić information content (AvgIpc) is 2.95. The van der Waals surface area contributed by atoms with Gasteiger partial charge in [-0.1, -0.05) is 24.3 Å². The molecule has 1 aromatic carbocycles. The van der Waals surface area contributed by atoms with Crippen molar-refractivity contribution in [1.82, 2.24) is 0 Å². The quantitative estimate of drug-likeness (QED) is 0.457. The Morgan fingerprint density at radius 3 is 1.29 bits per heavy atom. The molecule has 0 saturated carbocycles. The monoisotopic (exact) mass is 356 g/mol. The van der Waals surface area contributed by atoms with E-state index in [0.29, 0.717) is 22.6 Å². The third kappa shape index (κ3) is 3.28.